The first-order valence-corrected chi connectivity index (χ1v) is 13.5. The van der Waals surface area contributed by atoms with E-state index in [0.29, 0.717) is 29.8 Å². The minimum absolute atomic E-state index is 0.138. The van der Waals surface area contributed by atoms with Gasteiger partial charge in [0.15, 0.2) is 11.2 Å². The van der Waals surface area contributed by atoms with E-state index >= 15 is 0 Å². The fraction of sp³-hybridized carbons (Fsp3) is 0.571. The van der Waals surface area contributed by atoms with E-state index in [1.165, 1.54) is 11.6 Å². The second-order valence-corrected chi connectivity index (χ2v) is 11.5. The van der Waals surface area contributed by atoms with Crippen LogP contribution in [-0.2, 0) is 30.2 Å². The average Bonchev–Trinajstić information content (AvgIpc) is 3.34. The van der Waals surface area contributed by atoms with Crippen molar-refractivity contribution in [2.45, 2.75) is 63.3 Å². The number of nitrogens with zero attached hydrogens (tertiary/aromatic N) is 5. The molecule has 1 N–H and O–H groups in total. The molecule has 0 aliphatic carbocycles. The van der Waals surface area contributed by atoms with Crippen molar-refractivity contribution in [1.29, 1.82) is 0 Å². The number of esters is 1. The maximum atomic E-state index is 13.0. The van der Waals surface area contributed by atoms with Gasteiger partial charge in [0.1, 0.15) is 12.0 Å². The predicted molar refractivity (Wildman–Crippen MR) is 143 cm³/mol. The Balaban J connectivity index is 1.26. The Hall–Kier alpha value is -3.24. The summed E-state index contributed by atoms with van der Waals surface area (Å²) in [7, 11) is 5.44. The lowest BCUT2D eigenvalue weighted by Gasteiger charge is -2.48. The van der Waals surface area contributed by atoms with Crippen LogP contribution >= 0.6 is 0 Å². The fourth-order valence-electron chi connectivity index (χ4n) is 6.94. The molecule has 10 nitrogen and oxygen atoms in total. The summed E-state index contributed by atoms with van der Waals surface area (Å²) in [6.07, 6.45) is 5.35. The molecule has 10 heteroatoms. The molecule has 204 valence electrons. The largest absolute Gasteiger partial charge is 0.461 e. The number of piperidine rings is 1. The Labute approximate surface area is 221 Å². The Kier molecular flexibility index (Phi) is 7.04. The van der Waals surface area contributed by atoms with Crippen molar-refractivity contribution in [2.24, 2.45) is 20.0 Å². The molecule has 4 unspecified atom stereocenters. The van der Waals surface area contributed by atoms with Crippen LogP contribution in [0.1, 0.15) is 44.1 Å². The van der Waals surface area contributed by atoms with Gasteiger partial charge in [0.2, 0.25) is 0 Å². The highest BCUT2D eigenvalue weighted by Gasteiger charge is 2.53. The number of rotatable bonds is 8. The highest BCUT2D eigenvalue weighted by Crippen LogP contribution is 2.43. The smallest absolute Gasteiger partial charge is 0.332 e. The zero-order valence-corrected chi connectivity index (χ0v) is 22.6. The number of benzene rings is 1. The Morgan fingerprint density at radius 2 is 1.79 bits per heavy atom. The molecule has 5 rings (SSSR count). The first-order valence-electron chi connectivity index (χ1n) is 13.5. The molecule has 1 aromatic carbocycles. The first kappa shape index (κ1) is 26.4. The minimum Gasteiger partial charge on any atom is -0.461 e. The molecule has 2 saturated heterocycles. The van der Waals surface area contributed by atoms with Gasteiger partial charge in [-0.05, 0) is 5.56 Å². The van der Waals surface area contributed by atoms with Gasteiger partial charge in [-0.25, -0.2) is 9.78 Å². The molecule has 2 aromatic heterocycles. The molecular formula is C28H38N5O5+. The maximum Gasteiger partial charge on any atom is 0.332 e. The lowest BCUT2D eigenvalue weighted by atomic mass is 9.94. The topological polar surface area (TPSA) is 108 Å². The van der Waals surface area contributed by atoms with Crippen LogP contribution in [-0.4, -0.2) is 72.6 Å². The van der Waals surface area contributed by atoms with E-state index < -0.39 is 5.92 Å². The minimum atomic E-state index is -0.658. The number of fused-ring (bicyclic) bond motifs is 3. The van der Waals surface area contributed by atoms with Gasteiger partial charge in [0.25, 0.3) is 5.56 Å². The van der Waals surface area contributed by atoms with Crippen LogP contribution in [0.5, 0.6) is 0 Å². The number of hydrogen-bond acceptors (Lipinski definition) is 6. The zero-order valence-electron chi connectivity index (χ0n) is 22.6. The average molecular weight is 525 g/mol. The van der Waals surface area contributed by atoms with Crippen LogP contribution in [0, 0.1) is 5.92 Å². The van der Waals surface area contributed by atoms with Crippen molar-refractivity contribution < 1.29 is 19.1 Å². The van der Waals surface area contributed by atoms with E-state index in [1.54, 1.807) is 13.4 Å². The van der Waals surface area contributed by atoms with Crippen LogP contribution in [0.15, 0.2) is 46.2 Å². The molecule has 38 heavy (non-hydrogen) atoms. The second-order valence-electron chi connectivity index (χ2n) is 11.5. The quantitative estimate of drug-likeness (QED) is 0.354. The third kappa shape index (κ3) is 4.49. The summed E-state index contributed by atoms with van der Waals surface area (Å²) in [5.74, 6) is -0.747. The summed E-state index contributed by atoms with van der Waals surface area (Å²) < 4.78 is 11.3. The number of aryl methyl sites for hydroxylation is 1. The maximum absolute atomic E-state index is 13.0. The number of carbonyl (C=O) groups excluding carboxylic acids is 1. The summed E-state index contributed by atoms with van der Waals surface area (Å²) in [6.45, 7) is 3.49. The Bertz CT molecular complexity index is 1430. The lowest BCUT2D eigenvalue weighted by Crippen LogP contribution is -2.60. The first-order chi connectivity index (χ1) is 18.1. The van der Waals surface area contributed by atoms with E-state index in [9.17, 15) is 19.5 Å². The number of ether oxygens (including phenoxy) is 1. The summed E-state index contributed by atoms with van der Waals surface area (Å²) in [5.41, 5.74) is 0.926. The number of carbonyl (C=O) groups is 1. The number of quaternary nitrogens is 1. The molecule has 4 atom stereocenters. The molecule has 3 aromatic rings. The van der Waals surface area contributed by atoms with Gasteiger partial charge in [-0.15, -0.1) is 0 Å². The number of aliphatic hydroxyl groups excluding tert-OH is 1. The normalized spacial score (nSPS) is 26.4. The van der Waals surface area contributed by atoms with Crippen LogP contribution in [0.2, 0.25) is 0 Å². The van der Waals surface area contributed by atoms with Crippen LogP contribution in [0.25, 0.3) is 11.2 Å². The van der Waals surface area contributed by atoms with Gasteiger partial charge in [-0.1, -0.05) is 37.3 Å². The molecule has 2 aliphatic heterocycles. The molecule has 2 bridgehead atoms. The molecule has 0 spiro atoms. The molecule has 4 heterocycles. The summed E-state index contributed by atoms with van der Waals surface area (Å²) in [4.78, 5) is 42.4. The van der Waals surface area contributed by atoms with Gasteiger partial charge in [-0.3, -0.25) is 18.7 Å². The predicted octanol–water partition coefficient (Wildman–Crippen LogP) is 1.53. The Morgan fingerprint density at radius 3 is 2.42 bits per heavy atom. The number of aliphatic hydroxyl groups is 1. The van der Waals surface area contributed by atoms with Crippen LogP contribution in [0.4, 0.5) is 0 Å². The second kappa shape index (κ2) is 10.1. The zero-order chi connectivity index (χ0) is 27.2. The SMILES string of the molecule is CC(Cn1cnc2c1c(=O)n(C)c(=O)n2C)C[N+]1(C)C2CCC1CC(OC(=O)C(CO)c1ccccc1)C2. The number of hydrogen-bond donors (Lipinski definition) is 1. The van der Waals surface area contributed by atoms with E-state index in [-0.39, 0.29) is 35.8 Å². The van der Waals surface area contributed by atoms with Gasteiger partial charge in [-0.2, -0.15) is 0 Å². The highest BCUT2D eigenvalue weighted by atomic mass is 16.5. The third-order valence-electron chi connectivity index (χ3n) is 8.95. The molecule has 2 fully saturated rings. The number of imidazole rings is 1. The monoisotopic (exact) mass is 524 g/mol. The van der Waals surface area contributed by atoms with E-state index in [4.69, 9.17) is 4.74 Å². The molecule has 0 radical (unpaired) electrons. The summed E-state index contributed by atoms with van der Waals surface area (Å²) in [5, 5.41) is 9.86. The lowest BCUT2D eigenvalue weighted by molar-refractivity contribution is -0.952. The van der Waals surface area contributed by atoms with Crippen molar-refractivity contribution >= 4 is 17.1 Å². The van der Waals surface area contributed by atoms with Crippen LogP contribution < -0.4 is 11.2 Å². The highest BCUT2D eigenvalue weighted by molar-refractivity contribution is 5.78. The van der Waals surface area contributed by atoms with E-state index in [1.807, 2.05) is 34.9 Å². The molecular weight excluding hydrogens is 486 g/mol. The Morgan fingerprint density at radius 1 is 1.13 bits per heavy atom. The van der Waals surface area contributed by atoms with Crippen molar-refractivity contribution in [3.63, 3.8) is 0 Å². The summed E-state index contributed by atoms with van der Waals surface area (Å²) in [6, 6.07) is 10.1. The van der Waals surface area contributed by atoms with Gasteiger partial charge >= 0.3 is 11.7 Å². The molecule has 0 saturated carbocycles. The van der Waals surface area contributed by atoms with Crippen molar-refractivity contribution in [1.82, 2.24) is 18.7 Å². The number of aromatic nitrogens is 4. The van der Waals surface area contributed by atoms with Crippen molar-refractivity contribution in [3.8, 4) is 0 Å². The van der Waals surface area contributed by atoms with E-state index in [0.717, 1.165) is 46.8 Å². The van der Waals surface area contributed by atoms with Gasteiger partial charge in [0.05, 0.1) is 38.6 Å². The van der Waals surface area contributed by atoms with Gasteiger partial charge < -0.3 is 18.9 Å². The fourth-order valence-corrected chi connectivity index (χ4v) is 6.94. The standard InChI is InChI=1S/C28H38N5O5/c1-18(14-32-17-29-25-24(32)26(35)31(3)28(37)30(25)2)15-33(4)20-10-11-21(33)13-22(12-20)38-27(36)23(16-34)19-8-6-5-7-9-19/h5-9,17-18,20-23,34H,10-16H2,1-4H3/q+1. The van der Waals surface area contributed by atoms with Crippen LogP contribution in [0.3, 0.4) is 0 Å². The van der Waals surface area contributed by atoms with E-state index in [2.05, 4.69) is 19.0 Å². The van der Waals surface area contributed by atoms with Crippen molar-refractivity contribution in [2.75, 3.05) is 20.2 Å². The molecule has 0 amide bonds. The summed E-state index contributed by atoms with van der Waals surface area (Å²) >= 11 is 0. The molecule has 2 aliphatic rings. The third-order valence-corrected chi connectivity index (χ3v) is 8.95. The van der Waals surface area contributed by atoms with Crippen molar-refractivity contribution in [3.05, 3.63) is 63.1 Å². The van der Waals surface area contributed by atoms with Gasteiger partial charge in [0, 0.05) is 52.2 Å².